The summed E-state index contributed by atoms with van der Waals surface area (Å²) in [4.78, 5) is 19.6. The van der Waals surface area contributed by atoms with Gasteiger partial charge in [0.1, 0.15) is 11.4 Å². The van der Waals surface area contributed by atoms with Crippen LogP contribution >= 0.6 is 11.6 Å². The zero-order valence-corrected chi connectivity index (χ0v) is 22.9. The highest BCUT2D eigenvalue weighted by molar-refractivity contribution is 6.74. The smallest absolute Gasteiger partial charge is 0.411 e. The lowest BCUT2D eigenvalue weighted by Crippen LogP contribution is -2.45. The van der Waals surface area contributed by atoms with Crippen molar-refractivity contribution in [2.75, 3.05) is 6.54 Å². The molecule has 0 aliphatic carbocycles. The third-order valence-corrected chi connectivity index (χ3v) is 11.2. The normalized spacial score (nSPS) is 19.7. The molecule has 1 amide bonds. The maximum Gasteiger partial charge on any atom is 0.411 e. The number of amides is 1. The van der Waals surface area contributed by atoms with E-state index in [2.05, 4.69) is 43.4 Å². The predicted molar refractivity (Wildman–Crippen MR) is 135 cm³/mol. The lowest BCUT2D eigenvalue weighted by Gasteiger charge is -2.38. The van der Waals surface area contributed by atoms with Crippen molar-refractivity contribution in [1.82, 2.24) is 14.5 Å². The first kappa shape index (κ1) is 25.8. The van der Waals surface area contributed by atoms with Gasteiger partial charge < -0.3 is 13.7 Å². The van der Waals surface area contributed by atoms with Gasteiger partial charge in [-0.2, -0.15) is 0 Å². The number of benzene rings is 1. The minimum absolute atomic E-state index is 0.0558. The van der Waals surface area contributed by atoms with Crippen LogP contribution in [0.1, 0.15) is 65.4 Å². The number of aromatic nitrogens is 2. The van der Waals surface area contributed by atoms with Crippen molar-refractivity contribution in [2.45, 2.75) is 90.4 Å². The molecule has 0 N–H and O–H groups in total. The molecule has 8 heteroatoms. The minimum Gasteiger partial charge on any atom is -0.444 e. The van der Waals surface area contributed by atoms with Crippen LogP contribution in [0.3, 0.4) is 0 Å². The van der Waals surface area contributed by atoms with Gasteiger partial charge in [0.15, 0.2) is 8.32 Å². The largest absolute Gasteiger partial charge is 0.444 e. The molecule has 1 saturated heterocycles. The summed E-state index contributed by atoms with van der Waals surface area (Å²) >= 11 is 6.19. The number of halogens is 1. The molecule has 1 fully saturated rings. The van der Waals surface area contributed by atoms with Crippen LogP contribution in [0, 0.1) is 0 Å². The van der Waals surface area contributed by atoms with Gasteiger partial charge in [0.05, 0.1) is 12.1 Å². The van der Waals surface area contributed by atoms with Gasteiger partial charge in [0, 0.05) is 36.9 Å². The van der Waals surface area contributed by atoms with E-state index in [1.54, 1.807) is 11.1 Å². The Hall–Kier alpha value is -1.83. The second-order valence-corrected chi connectivity index (χ2v) is 16.6. The summed E-state index contributed by atoms with van der Waals surface area (Å²) in [5.41, 5.74) is 0.508. The second kappa shape index (κ2) is 9.43. The molecule has 0 unspecified atom stereocenters. The predicted octanol–water partition coefficient (Wildman–Crippen LogP) is 6.66. The lowest BCUT2D eigenvalue weighted by molar-refractivity contribution is 0.0201. The number of likely N-dealkylation sites (tertiary alicyclic amines) is 1. The number of rotatable bonds is 5. The first-order valence-corrected chi connectivity index (χ1v) is 14.9. The maximum atomic E-state index is 13.2. The number of carbonyl (C=O) groups is 1. The van der Waals surface area contributed by atoms with Crippen molar-refractivity contribution in [3.05, 3.63) is 53.1 Å². The Morgan fingerprint density at radius 1 is 1.21 bits per heavy atom. The summed E-state index contributed by atoms with van der Waals surface area (Å²) in [7, 11) is -2.00. The molecule has 1 aromatic heterocycles. The van der Waals surface area contributed by atoms with Crippen LogP contribution in [0.5, 0.6) is 0 Å². The first-order chi connectivity index (χ1) is 15.2. The van der Waals surface area contributed by atoms with E-state index in [9.17, 15) is 4.79 Å². The van der Waals surface area contributed by atoms with Gasteiger partial charge in [-0.15, -0.1) is 0 Å². The fourth-order valence-corrected chi connectivity index (χ4v) is 5.40. The average molecular weight is 492 g/mol. The van der Waals surface area contributed by atoms with Gasteiger partial charge in [-0.25, -0.2) is 9.78 Å². The highest BCUT2D eigenvalue weighted by Gasteiger charge is 2.45. The average Bonchev–Trinajstić information content (AvgIpc) is 3.25. The SMILES string of the molecule is CC(C)(C)OC(=O)N1C[C@H](O[Si](C)(C)C(C)(C)C)C[C@H]1c1nccn1Cc1cccc(Cl)c1. The van der Waals surface area contributed by atoms with Crippen LogP contribution in [0.15, 0.2) is 36.7 Å². The van der Waals surface area contributed by atoms with E-state index in [1.807, 2.05) is 51.2 Å². The van der Waals surface area contributed by atoms with E-state index < -0.39 is 13.9 Å². The van der Waals surface area contributed by atoms with Crippen LogP contribution < -0.4 is 0 Å². The third kappa shape index (κ3) is 6.40. The molecule has 1 aromatic carbocycles. The first-order valence-electron chi connectivity index (χ1n) is 11.6. The summed E-state index contributed by atoms with van der Waals surface area (Å²) in [6, 6.07) is 7.58. The van der Waals surface area contributed by atoms with Crippen molar-refractivity contribution in [1.29, 1.82) is 0 Å². The van der Waals surface area contributed by atoms with Gasteiger partial charge >= 0.3 is 6.09 Å². The molecular weight excluding hydrogens is 454 g/mol. The molecule has 182 valence electrons. The van der Waals surface area contributed by atoms with E-state index >= 15 is 0 Å². The molecule has 1 aliphatic heterocycles. The maximum absolute atomic E-state index is 13.2. The Balaban J connectivity index is 1.89. The summed E-state index contributed by atoms with van der Waals surface area (Å²) < 4.78 is 14.6. The number of nitrogens with zero attached hydrogens (tertiary/aromatic N) is 3. The molecule has 0 spiro atoms. The fourth-order valence-electron chi connectivity index (χ4n) is 3.83. The van der Waals surface area contributed by atoms with E-state index in [0.29, 0.717) is 24.5 Å². The minimum atomic E-state index is -2.00. The van der Waals surface area contributed by atoms with Gasteiger partial charge in [-0.3, -0.25) is 4.90 Å². The number of hydrogen-bond acceptors (Lipinski definition) is 4. The molecule has 0 radical (unpaired) electrons. The summed E-state index contributed by atoms with van der Waals surface area (Å²) in [5, 5.41) is 0.792. The van der Waals surface area contributed by atoms with Gasteiger partial charge in [-0.05, 0) is 56.6 Å². The van der Waals surface area contributed by atoms with E-state index in [-0.39, 0.29) is 23.3 Å². The molecule has 3 rings (SSSR count). The standard InChI is InChI=1S/C25H38ClN3O3Si/c1-24(2,3)31-23(30)29-17-20(32-33(7,8)25(4,5)6)15-21(29)22-27-12-13-28(22)16-18-10-9-11-19(26)14-18/h9-14,20-21H,15-17H2,1-8H3/t20-,21+/m1/s1. The van der Waals surface area contributed by atoms with Crippen LogP contribution in [0.25, 0.3) is 0 Å². The molecule has 2 atom stereocenters. The van der Waals surface area contributed by atoms with Gasteiger partial charge in [-0.1, -0.05) is 44.5 Å². The van der Waals surface area contributed by atoms with Crippen LogP contribution in [-0.4, -0.2) is 47.1 Å². The Morgan fingerprint density at radius 3 is 2.52 bits per heavy atom. The summed E-state index contributed by atoms with van der Waals surface area (Å²) in [5.74, 6) is 0.835. The van der Waals surface area contributed by atoms with Crippen LogP contribution in [0.4, 0.5) is 4.79 Å². The highest BCUT2D eigenvalue weighted by atomic mass is 35.5. The van der Waals surface area contributed by atoms with Gasteiger partial charge in [0.25, 0.3) is 0 Å². The number of hydrogen-bond donors (Lipinski definition) is 0. The summed E-state index contributed by atoms with van der Waals surface area (Å²) in [6.07, 6.45) is 4.05. The Labute approximate surface area is 204 Å². The van der Waals surface area contributed by atoms with Crippen molar-refractivity contribution in [3.63, 3.8) is 0 Å². The molecule has 0 bridgehead atoms. The summed E-state index contributed by atoms with van der Waals surface area (Å²) in [6.45, 7) is 18.0. The fraction of sp³-hybridized carbons (Fsp3) is 0.600. The van der Waals surface area contributed by atoms with Gasteiger partial charge in [0.2, 0.25) is 0 Å². The molecule has 2 heterocycles. The third-order valence-electron chi connectivity index (χ3n) is 6.45. The van der Waals surface area contributed by atoms with Crippen molar-refractivity contribution < 1.29 is 14.0 Å². The van der Waals surface area contributed by atoms with Crippen LogP contribution in [0.2, 0.25) is 23.2 Å². The number of carbonyl (C=O) groups excluding carboxylic acids is 1. The Morgan fingerprint density at radius 2 is 1.91 bits per heavy atom. The van der Waals surface area contributed by atoms with Crippen molar-refractivity contribution in [3.8, 4) is 0 Å². The molecule has 33 heavy (non-hydrogen) atoms. The van der Waals surface area contributed by atoms with E-state index in [4.69, 9.17) is 20.8 Å². The molecule has 0 saturated carbocycles. The molecule has 2 aromatic rings. The second-order valence-electron chi connectivity index (χ2n) is 11.4. The van der Waals surface area contributed by atoms with E-state index in [1.165, 1.54) is 0 Å². The quantitative estimate of drug-likeness (QED) is 0.439. The highest BCUT2D eigenvalue weighted by Crippen LogP contribution is 2.41. The topological polar surface area (TPSA) is 56.6 Å². The molecular formula is C25H38ClN3O3Si. The Kier molecular flexibility index (Phi) is 7.37. The lowest BCUT2D eigenvalue weighted by atomic mass is 10.1. The Bertz CT molecular complexity index is 978. The van der Waals surface area contributed by atoms with Crippen molar-refractivity contribution in [2.24, 2.45) is 0 Å². The monoisotopic (exact) mass is 491 g/mol. The number of imidazole rings is 1. The zero-order valence-electron chi connectivity index (χ0n) is 21.2. The van der Waals surface area contributed by atoms with Crippen LogP contribution in [-0.2, 0) is 15.7 Å². The van der Waals surface area contributed by atoms with Crippen molar-refractivity contribution >= 4 is 26.0 Å². The molecule has 1 aliphatic rings. The number of ether oxygens (including phenoxy) is 1. The zero-order chi connectivity index (χ0) is 24.6. The molecule has 6 nitrogen and oxygen atoms in total. The van der Waals surface area contributed by atoms with E-state index in [0.717, 1.165) is 11.4 Å².